The van der Waals surface area contributed by atoms with Crippen LogP contribution in [0.1, 0.15) is 44.4 Å². The second kappa shape index (κ2) is 4.32. The molecule has 1 heterocycles. The molecule has 0 saturated heterocycles. The number of hydrogen-bond donors (Lipinski definition) is 1. The first kappa shape index (κ1) is 12.4. The molecule has 0 aliphatic heterocycles. The van der Waals surface area contributed by atoms with E-state index in [1.807, 2.05) is 10.9 Å². The summed E-state index contributed by atoms with van der Waals surface area (Å²) in [5.41, 5.74) is 1.01. The summed E-state index contributed by atoms with van der Waals surface area (Å²) in [6.45, 7) is 3.05. The highest BCUT2D eigenvalue weighted by atomic mass is 79.9. The lowest BCUT2D eigenvalue weighted by molar-refractivity contribution is 0.119. The molecular weight excluding hydrogens is 304 g/mol. The van der Waals surface area contributed by atoms with Crippen molar-refractivity contribution in [3.8, 4) is 0 Å². The Morgan fingerprint density at radius 3 is 2.74 bits per heavy atom. The molecule has 3 fully saturated rings. The first-order chi connectivity index (χ1) is 9.22. The second-order valence-electron chi connectivity index (χ2n) is 6.61. The standard InChI is InChI=1S/C15H21BrN2O/c1-2-5-18-14(10(16)7-17-18)15(19)13-11-8-3-4-9(6-8)12(11)13/h7-9,11-13,15,19H,2-6H2,1H3. The van der Waals surface area contributed by atoms with Gasteiger partial charge in [0, 0.05) is 6.54 Å². The smallest absolute Gasteiger partial charge is 0.100 e. The largest absolute Gasteiger partial charge is 0.386 e. The summed E-state index contributed by atoms with van der Waals surface area (Å²) in [4.78, 5) is 0. The lowest BCUT2D eigenvalue weighted by Gasteiger charge is -2.17. The average Bonchev–Trinajstić information content (AvgIpc) is 2.71. The summed E-state index contributed by atoms with van der Waals surface area (Å²) in [6, 6.07) is 0. The van der Waals surface area contributed by atoms with Crippen LogP contribution in [0.25, 0.3) is 0 Å². The number of aliphatic hydroxyl groups is 1. The van der Waals surface area contributed by atoms with Gasteiger partial charge < -0.3 is 5.11 Å². The maximum Gasteiger partial charge on any atom is 0.100 e. The van der Waals surface area contributed by atoms with Gasteiger partial charge in [-0.05, 0) is 71.2 Å². The summed E-state index contributed by atoms with van der Waals surface area (Å²) in [7, 11) is 0. The van der Waals surface area contributed by atoms with E-state index in [9.17, 15) is 5.11 Å². The highest BCUT2D eigenvalue weighted by molar-refractivity contribution is 9.10. The SMILES string of the molecule is CCCn1ncc(Br)c1C(O)C1C2C3CCC(C3)C21. The Balaban J connectivity index is 1.59. The molecule has 4 heteroatoms. The number of hydrogen-bond acceptors (Lipinski definition) is 2. The third-order valence-electron chi connectivity index (χ3n) is 5.71. The molecule has 4 rings (SSSR count). The molecule has 1 aromatic heterocycles. The van der Waals surface area contributed by atoms with Gasteiger partial charge in [-0.3, -0.25) is 4.68 Å². The molecule has 3 aliphatic rings. The highest BCUT2D eigenvalue weighted by Gasteiger charge is 2.67. The van der Waals surface area contributed by atoms with E-state index < -0.39 is 0 Å². The summed E-state index contributed by atoms with van der Waals surface area (Å²) in [6.07, 6.45) is 6.82. The van der Waals surface area contributed by atoms with Crippen LogP contribution in [-0.2, 0) is 6.54 Å². The van der Waals surface area contributed by atoms with Crippen molar-refractivity contribution in [3.63, 3.8) is 0 Å². The summed E-state index contributed by atoms with van der Waals surface area (Å²) in [5, 5.41) is 15.2. The monoisotopic (exact) mass is 324 g/mol. The Morgan fingerprint density at radius 2 is 2.11 bits per heavy atom. The number of aryl methyl sites for hydroxylation is 1. The molecule has 19 heavy (non-hydrogen) atoms. The van der Waals surface area contributed by atoms with Gasteiger partial charge in [-0.2, -0.15) is 5.10 Å². The van der Waals surface area contributed by atoms with Crippen molar-refractivity contribution in [2.45, 2.75) is 45.3 Å². The van der Waals surface area contributed by atoms with Crippen LogP contribution in [0, 0.1) is 29.6 Å². The van der Waals surface area contributed by atoms with E-state index in [0.29, 0.717) is 5.92 Å². The Labute approximate surface area is 122 Å². The van der Waals surface area contributed by atoms with E-state index in [2.05, 4.69) is 28.0 Å². The molecule has 1 aromatic rings. The van der Waals surface area contributed by atoms with E-state index in [1.54, 1.807) is 0 Å². The molecule has 3 nitrogen and oxygen atoms in total. The van der Waals surface area contributed by atoms with Gasteiger partial charge in [-0.1, -0.05) is 6.92 Å². The van der Waals surface area contributed by atoms with Crippen LogP contribution in [0.2, 0.25) is 0 Å². The third-order valence-corrected chi connectivity index (χ3v) is 6.32. The van der Waals surface area contributed by atoms with Crippen LogP contribution in [0.5, 0.6) is 0 Å². The number of aliphatic hydroxyl groups excluding tert-OH is 1. The second-order valence-corrected chi connectivity index (χ2v) is 7.47. The fourth-order valence-corrected chi connectivity index (χ4v) is 5.58. The number of aromatic nitrogens is 2. The van der Waals surface area contributed by atoms with Gasteiger partial charge >= 0.3 is 0 Å². The Bertz CT molecular complexity index is 484. The maximum atomic E-state index is 10.8. The average molecular weight is 325 g/mol. The van der Waals surface area contributed by atoms with Crippen LogP contribution < -0.4 is 0 Å². The zero-order chi connectivity index (χ0) is 13.1. The molecule has 2 bridgehead atoms. The highest BCUT2D eigenvalue weighted by Crippen LogP contribution is 2.72. The molecule has 0 amide bonds. The lowest BCUT2D eigenvalue weighted by atomic mass is 9.97. The number of rotatable bonds is 4. The van der Waals surface area contributed by atoms with Crippen molar-refractivity contribution in [2.75, 3.05) is 0 Å². The van der Waals surface area contributed by atoms with Crippen molar-refractivity contribution >= 4 is 15.9 Å². The van der Waals surface area contributed by atoms with Crippen LogP contribution in [-0.4, -0.2) is 14.9 Å². The van der Waals surface area contributed by atoms with E-state index in [4.69, 9.17) is 0 Å². The minimum atomic E-state index is -0.318. The minimum Gasteiger partial charge on any atom is -0.386 e. The molecule has 5 unspecified atom stereocenters. The topological polar surface area (TPSA) is 38.0 Å². The number of nitrogens with zero attached hydrogens (tertiary/aromatic N) is 2. The molecule has 0 spiro atoms. The van der Waals surface area contributed by atoms with E-state index >= 15 is 0 Å². The van der Waals surface area contributed by atoms with Gasteiger partial charge in [0.2, 0.25) is 0 Å². The normalized spacial score (nSPS) is 40.5. The molecule has 104 valence electrons. The fourth-order valence-electron chi connectivity index (χ4n) is 5.05. The fraction of sp³-hybridized carbons (Fsp3) is 0.800. The van der Waals surface area contributed by atoms with E-state index in [0.717, 1.165) is 46.8 Å². The van der Waals surface area contributed by atoms with Crippen LogP contribution in [0.15, 0.2) is 10.7 Å². The zero-order valence-corrected chi connectivity index (χ0v) is 12.9. The summed E-state index contributed by atoms with van der Waals surface area (Å²) >= 11 is 3.57. The van der Waals surface area contributed by atoms with Gasteiger partial charge in [0.15, 0.2) is 0 Å². The minimum absolute atomic E-state index is 0.318. The summed E-state index contributed by atoms with van der Waals surface area (Å²) in [5.74, 6) is 3.96. The van der Waals surface area contributed by atoms with Crippen molar-refractivity contribution < 1.29 is 5.11 Å². The predicted octanol–water partition coefficient (Wildman–Crippen LogP) is 3.38. The van der Waals surface area contributed by atoms with E-state index in [1.165, 1.54) is 19.3 Å². The molecular formula is C15H21BrN2O. The molecule has 0 aromatic carbocycles. The van der Waals surface area contributed by atoms with Crippen LogP contribution in [0.3, 0.4) is 0 Å². The van der Waals surface area contributed by atoms with Gasteiger partial charge in [0.05, 0.1) is 16.4 Å². The van der Waals surface area contributed by atoms with E-state index in [-0.39, 0.29) is 6.10 Å². The Kier molecular flexibility index (Phi) is 2.82. The predicted molar refractivity (Wildman–Crippen MR) is 76.5 cm³/mol. The van der Waals surface area contributed by atoms with Gasteiger partial charge in [-0.15, -0.1) is 0 Å². The first-order valence-electron chi connectivity index (χ1n) is 7.61. The number of halogens is 1. The lowest BCUT2D eigenvalue weighted by Crippen LogP contribution is -2.14. The third kappa shape index (κ3) is 1.69. The molecule has 3 saturated carbocycles. The molecule has 0 radical (unpaired) electrons. The van der Waals surface area contributed by atoms with Crippen molar-refractivity contribution in [1.82, 2.24) is 9.78 Å². The Hall–Kier alpha value is -0.350. The quantitative estimate of drug-likeness (QED) is 0.921. The zero-order valence-electron chi connectivity index (χ0n) is 11.3. The Morgan fingerprint density at radius 1 is 1.42 bits per heavy atom. The van der Waals surface area contributed by atoms with Crippen LogP contribution in [0.4, 0.5) is 0 Å². The molecule has 3 aliphatic carbocycles. The molecule has 5 atom stereocenters. The van der Waals surface area contributed by atoms with Crippen molar-refractivity contribution in [2.24, 2.45) is 29.6 Å². The maximum absolute atomic E-state index is 10.8. The molecule has 1 N–H and O–H groups in total. The van der Waals surface area contributed by atoms with Gasteiger partial charge in [-0.25, -0.2) is 0 Å². The summed E-state index contributed by atoms with van der Waals surface area (Å²) < 4.78 is 2.97. The van der Waals surface area contributed by atoms with Gasteiger partial charge in [0.1, 0.15) is 6.10 Å². The van der Waals surface area contributed by atoms with Crippen molar-refractivity contribution in [3.05, 3.63) is 16.4 Å². The number of fused-ring (bicyclic) bond motifs is 5. The first-order valence-corrected chi connectivity index (χ1v) is 8.41. The van der Waals surface area contributed by atoms with Gasteiger partial charge in [0.25, 0.3) is 0 Å². The van der Waals surface area contributed by atoms with Crippen molar-refractivity contribution in [1.29, 1.82) is 0 Å². The van der Waals surface area contributed by atoms with Crippen LogP contribution >= 0.6 is 15.9 Å².